The third kappa shape index (κ3) is 2.82. The topological polar surface area (TPSA) is 31.9 Å². The molecule has 0 fully saturated rings. The fourth-order valence-electron chi connectivity index (χ4n) is 2.01. The minimum absolute atomic E-state index is 0.918. The number of hydrogen-bond acceptors (Lipinski definition) is 2. The molecule has 1 heterocycles. The molecule has 0 aliphatic carbocycles. The maximum Gasteiger partial charge on any atom is 0.138 e. The Balaban J connectivity index is 0.000000704. The van der Waals surface area contributed by atoms with E-state index in [4.69, 9.17) is 0 Å². The number of aromatic amines is 1. The van der Waals surface area contributed by atoms with Crippen LogP contribution in [-0.2, 0) is 0 Å². The highest BCUT2D eigenvalue weighted by atomic mass is 15.1. The Morgan fingerprint density at radius 3 is 2.15 bits per heavy atom. The van der Waals surface area contributed by atoms with Crippen molar-refractivity contribution in [1.82, 2.24) is 9.97 Å². The van der Waals surface area contributed by atoms with Gasteiger partial charge in [0.05, 0.1) is 11.0 Å². The average molecular weight is 267 g/mol. The summed E-state index contributed by atoms with van der Waals surface area (Å²) >= 11 is 0. The van der Waals surface area contributed by atoms with Crippen molar-refractivity contribution in [2.24, 2.45) is 0 Å². The van der Waals surface area contributed by atoms with E-state index in [1.54, 1.807) is 0 Å². The molecule has 3 aromatic rings. The van der Waals surface area contributed by atoms with Crippen LogP contribution in [0.5, 0.6) is 0 Å². The maximum atomic E-state index is 4.59. The van der Waals surface area contributed by atoms with E-state index in [1.165, 1.54) is 5.69 Å². The molecule has 0 unspecified atom stereocenters. The minimum Gasteiger partial charge on any atom is -0.378 e. The van der Waals surface area contributed by atoms with Crippen molar-refractivity contribution in [3.63, 3.8) is 0 Å². The molecule has 0 saturated carbocycles. The van der Waals surface area contributed by atoms with E-state index in [-0.39, 0.29) is 0 Å². The molecule has 3 nitrogen and oxygen atoms in total. The van der Waals surface area contributed by atoms with Gasteiger partial charge in [0.15, 0.2) is 0 Å². The molecular weight excluding hydrogens is 246 g/mol. The second kappa shape index (κ2) is 6.24. The number of nitrogens with zero attached hydrogens (tertiary/aromatic N) is 2. The highest BCUT2D eigenvalue weighted by Gasteiger charge is 2.04. The smallest absolute Gasteiger partial charge is 0.138 e. The van der Waals surface area contributed by atoms with Crippen LogP contribution in [0, 0.1) is 0 Å². The Morgan fingerprint density at radius 2 is 1.55 bits per heavy atom. The highest BCUT2D eigenvalue weighted by Crippen LogP contribution is 2.22. The van der Waals surface area contributed by atoms with Gasteiger partial charge in [-0.05, 0) is 36.4 Å². The normalized spacial score (nSPS) is 10.0. The summed E-state index contributed by atoms with van der Waals surface area (Å²) in [6, 6.07) is 16.5. The van der Waals surface area contributed by atoms with E-state index in [9.17, 15) is 0 Å². The van der Waals surface area contributed by atoms with Gasteiger partial charge in [-0.3, -0.25) is 0 Å². The predicted molar refractivity (Wildman–Crippen MR) is 87.2 cm³/mol. The molecule has 2 aromatic carbocycles. The van der Waals surface area contributed by atoms with Crippen LogP contribution in [0.1, 0.15) is 13.8 Å². The first-order valence-corrected chi connectivity index (χ1v) is 6.96. The molecule has 3 heteroatoms. The van der Waals surface area contributed by atoms with Crippen LogP contribution in [-0.4, -0.2) is 24.1 Å². The number of nitrogens with one attached hydrogen (secondary N) is 1. The molecule has 0 spiro atoms. The van der Waals surface area contributed by atoms with Crippen molar-refractivity contribution < 1.29 is 0 Å². The number of hydrogen-bond donors (Lipinski definition) is 1. The monoisotopic (exact) mass is 267 g/mol. The van der Waals surface area contributed by atoms with Crippen molar-refractivity contribution in [3.05, 3.63) is 48.5 Å². The van der Waals surface area contributed by atoms with Crippen LogP contribution in [0.3, 0.4) is 0 Å². The van der Waals surface area contributed by atoms with E-state index in [0.29, 0.717) is 0 Å². The number of aromatic nitrogens is 2. The van der Waals surface area contributed by atoms with Gasteiger partial charge in [-0.25, -0.2) is 4.98 Å². The number of imidazole rings is 1. The lowest BCUT2D eigenvalue weighted by molar-refractivity contribution is 1.13. The number of fused-ring (bicyclic) bond motifs is 1. The summed E-state index contributed by atoms with van der Waals surface area (Å²) in [6.07, 6.45) is 0. The number of anilines is 1. The van der Waals surface area contributed by atoms with Gasteiger partial charge < -0.3 is 9.88 Å². The second-order valence-corrected chi connectivity index (χ2v) is 4.54. The second-order valence-electron chi connectivity index (χ2n) is 4.54. The minimum atomic E-state index is 0.918. The van der Waals surface area contributed by atoms with Gasteiger partial charge in [0.25, 0.3) is 0 Å². The van der Waals surface area contributed by atoms with Crippen LogP contribution in [0.15, 0.2) is 48.5 Å². The lowest BCUT2D eigenvalue weighted by atomic mass is 10.2. The van der Waals surface area contributed by atoms with E-state index in [0.717, 1.165) is 22.4 Å². The van der Waals surface area contributed by atoms with Gasteiger partial charge in [0.2, 0.25) is 0 Å². The van der Waals surface area contributed by atoms with Crippen LogP contribution in [0.2, 0.25) is 0 Å². The third-order valence-electron chi connectivity index (χ3n) is 3.05. The zero-order valence-electron chi connectivity index (χ0n) is 12.5. The summed E-state index contributed by atoms with van der Waals surface area (Å²) < 4.78 is 0. The summed E-state index contributed by atoms with van der Waals surface area (Å²) in [7, 11) is 4.08. The van der Waals surface area contributed by atoms with Crippen molar-refractivity contribution in [2.45, 2.75) is 13.8 Å². The van der Waals surface area contributed by atoms with Crippen LogP contribution >= 0.6 is 0 Å². The van der Waals surface area contributed by atoms with Crippen LogP contribution < -0.4 is 4.90 Å². The quantitative estimate of drug-likeness (QED) is 0.749. The molecule has 0 amide bonds. The molecule has 0 atom stereocenters. The number of benzene rings is 2. The Kier molecular flexibility index (Phi) is 4.41. The van der Waals surface area contributed by atoms with E-state index < -0.39 is 0 Å². The molecule has 0 aliphatic rings. The fourth-order valence-corrected chi connectivity index (χ4v) is 2.01. The molecule has 20 heavy (non-hydrogen) atoms. The van der Waals surface area contributed by atoms with Crippen molar-refractivity contribution >= 4 is 16.7 Å². The first kappa shape index (κ1) is 14.1. The Hall–Kier alpha value is -2.29. The summed E-state index contributed by atoms with van der Waals surface area (Å²) in [5.74, 6) is 0.918. The Bertz CT molecular complexity index is 633. The Morgan fingerprint density at radius 1 is 0.900 bits per heavy atom. The lowest BCUT2D eigenvalue weighted by Crippen LogP contribution is -2.07. The van der Waals surface area contributed by atoms with Crippen molar-refractivity contribution in [1.29, 1.82) is 0 Å². The Labute approximate surface area is 120 Å². The van der Waals surface area contributed by atoms with Gasteiger partial charge in [-0.2, -0.15) is 0 Å². The molecular formula is C17H21N3. The summed E-state index contributed by atoms with van der Waals surface area (Å²) in [6.45, 7) is 4.00. The van der Waals surface area contributed by atoms with Gasteiger partial charge >= 0.3 is 0 Å². The summed E-state index contributed by atoms with van der Waals surface area (Å²) in [5.41, 5.74) is 4.38. The first-order valence-electron chi connectivity index (χ1n) is 6.96. The van der Waals surface area contributed by atoms with Gasteiger partial charge in [-0.1, -0.05) is 26.0 Å². The number of rotatable bonds is 2. The third-order valence-corrected chi connectivity index (χ3v) is 3.05. The molecule has 1 aromatic heterocycles. The van der Waals surface area contributed by atoms with Gasteiger partial charge in [0.1, 0.15) is 5.82 Å². The fraction of sp³-hybridized carbons (Fsp3) is 0.235. The first-order chi connectivity index (χ1) is 9.74. The van der Waals surface area contributed by atoms with Gasteiger partial charge in [0, 0.05) is 25.3 Å². The maximum absolute atomic E-state index is 4.59. The van der Waals surface area contributed by atoms with E-state index in [1.807, 2.05) is 52.2 Å². The molecule has 104 valence electrons. The van der Waals surface area contributed by atoms with Crippen molar-refractivity contribution in [2.75, 3.05) is 19.0 Å². The largest absolute Gasteiger partial charge is 0.378 e. The van der Waals surface area contributed by atoms with Gasteiger partial charge in [-0.15, -0.1) is 0 Å². The SMILES string of the molecule is CC.CN(C)c1ccc(-c2nc3ccccc3[nH]2)cc1. The highest BCUT2D eigenvalue weighted by molar-refractivity contribution is 5.79. The molecule has 1 N–H and O–H groups in total. The van der Waals surface area contributed by atoms with Crippen molar-refractivity contribution in [3.8, 4) is 11.4 Å². The molecule has 0 bridgehead atoms. The van der Waals surface area contributed by atoms with Crippen LogP contribution in [0.25, 0.3) is 22.4 Å². The number of H-pyrrole nitrogens is 1. The number of para-hydroxylation sites is 2. The molecule has 0 saturated heterocycles. The molecule has 0 radical (unpaired) electrons. The van der Waals surface area contributed by atoms with Crippen LogP contribution in [0.4, 0.5) is 5.69 Å². The lowest BCUT2D eigenvalue weighted by Gasteiger charge is -2.11. The molecule has 3 rings (SSSR count). The van der Waals surface area contributed by atoms with E-state index >= 15 is 0 Å². The molecule has 0 aliphatic heterocycles. The average Bonchev–Trinajstić information content (AvgIpc) is 2.93. The summed E-state index contributed by atoms with van der Waals surface area (Å²) in [5, 5.41) is 0. The zero-order chi connectivity index (χ0) is 14.5. The zero-order valence-corrected chi connectivity index (χ0v) is 12.5. The van der Waals surface area contributed by atoms with E-state index in [2.05, 4.69) is 39.1 Å². The predicted octanol–water partition coefficient (Wildman–Crippen LogP) is 4.32. The standard InChI is InChI=1S/C15H15N3.C2H6/c1-18(2)12-9-7-11(8-10-12)15-16-13-5-3-4-6-14(13)17-15;1-2/h3-10H,1-2H3,(H,16,17);1-2H3. The summed E-state index contributed by atoms with van der Waals surface area (Å²) in [4.78, 5) is 10.0.